The van der Waals surface area contributed by atoms with Crippen LogP contribution in [0.5, 0.6) is 0 Å². The van der Waals surface area contributed by atoms with Crippen LogP contribution in [-0.4, -0.2) is 6.98 Å². The summed E-state index contributed by atoms with van der Waals surface area (Å²) < 4.78 is 40.1. The van der Waals surface area contributed by atoms with Crippen molar-refractivity contribution in [2.75, 3.05) is 0 Å². The monoisotopic (exact) mass is 188 g/mol. The van der Waals surface area contributed by atoms with E-state index in [0.717, 1.165) is 12.3 Å². The molecule has 56 valence electrons. The Labute approximate surface area is 105 Å². The summed E-state index contributed by atoms with van der Waals surface area (Å²) in [6.45, 7) is -3.59. The maximum Gasteiger partial charge on any atom is 1.00 e. The molecule has 0 spiro atoms. The molecule has 0 aliphatic heterocycles. The fourth-order valence-corrected chi connectivity index (χ4v) is 0.734. The van der Waals surface area contributed by atoms with Gasteiger partial charge in [-0.15, -0.1) is 0 Å². The van der Waals surface area contributed by atoms with E-state index in [0.29, 0.717) is 0 Å². The summed E-state index contributed by atoms with van der Waals surface area (Å²) in [5.74, 6) is -0.0625. The van der Waals surface area contributed by atoms with Gasteiger partial charge >= 0.3 is 58.4 Å². The summed E-state index contributed by atoms with van der Waals surface area (Å²) in [5.41, 5.74) is -0.639. The van der Waals surface area contributed by atoms with Crippen LogP contribution in [0.4, 0.5) is 12.9 Å². The number of halogens is 3. The normalized spacial score (nSPS) is 10.9. The third kappa shape index (κ3) is 2.95. The van der Waals surface area contributed by atoms with Crippen LogP contribution in [0.3, 0.4) is 0 Å². The van der Waals surface area contributed by atoms with E-state index in [1.54, 1.807) is 0 Å². The molecule has 0 amide bonds. The third-order valence-corrected chi connectivity index (χ3v) is 1.25. The van der Waals surface area contributed by atoms with Crippen molar-refractivity contribution in [2.45, 2.75) is 6.92 Å². The minimum atomic E-state index is -4.88. The Bertz CT molecular complexity index is 232. The largest absolute Gasteiger partial charge is 1.00 e. The van der Waals surface area contributed by atoms with Gasteiger partial charge in [0, 0.05) is 0 Å². The molecule has 0 N–H and O–H groups in total. The van der Waals surface area contributed by atoms with Gasteiger partial charge in [-0.05, 0) is 6.92 Å². The second-order valence-corrected chi connectivity index (χ2v) is 2.01. The number of hydrogen-bond acceptors (Lipinski definition) is 1. The zero-order chi connectivity index (χ0) is 7.78. The zero-order valence-corrected chi connectivity index (χ0v) is 9.40. The third-order valence-electron chi connectivity index (χ3n) is 1.25. The van der Waals surface area contributed by atoms with E-state index < -0.39 is 12.4 Å². The van der Waals surface area contributed by atoms with Gasteiger partial charge in [0.1, 0.15) is 0 Å². The topological polar surface area (TPSA) is 13.1 Å². The molecule has 0 unspecified atom stereocenters. The fourth-order valence-electron chi connectivity index (χ4n) is 0.734. The molecule has 0 saturated carbocycles. The van der Waals surface area contributed by atoms with Crippen LogP contribution < -0.4 is 56.8 Å². The van der Waals surface area contributed by atoms with E-state index in [9.17, 15) is 12.9 Å². The zero-order valence-electron chi connectivity index (χ0n) is 6.27. The van der Waals surface area contributed by atoms with E-state index in [2.05, 4.69) is 4.42 Å². The standard InChI is InChI=1S/C5H5BF3O.K/c1-4-5(2-3-10-4)6(7,8)9;/h2-3H,1H3;/q-1;+1. The maximum absolute atomic E-state index is 11.9. The minimum absolute atomic E-state index is 0. The van der Waals surface area contributed by atoms with Gasteiger partial charge in [-0.2, -0.15) is 0 Å². The summed E-state index contributed by atoms with van der Waals surface area (Å²) in [5, 5.41) is 0. The smallest absolute Gasteiger partial charge is 0.473 e. The molecular weight excluding hydrogens is 183 g/mol. The van der Waals surface area contributed by atoms with Crippen LogP contribution >= 0.6 is 0 Å². The summed E-state index contributed by atoms with van der Waals surface area (Å²) >= 11 is 0. The van der Waals surface area contributed by atoms with Crippen molar-refractivity contribution in [2.24, 2.45) is 0 Å². The molecule has 1 nitrogen and oxygen atoms in total. The molecule has 0 bridgehead atoms. The van der Waals surface area contributed by atoms with Crippen LogP contribution in [0.1, 0.15) is 5.76 Å². The first kappa shape index (κ1) is 11.8. The van der Waals surface area contributed by atoms with Crippen molar-refractivity contribution in [1.82, 2.24) is 0 Å². The molecule has 1 rings (SSSR count). The molecule has 0 fully saturated rings. The summed E-state index contributed by atoms with van der Waals surface area (Å²) in [4.78, 5) is 0. The summed E-state index contributed by atoms with van der Waals surface area (Å²) in [6, 6.07) is 0.940. The Morgan fingerprint density at radius 3 is 2.09 bits per heavy atom. The molecule has 11 heavy (non-hydrogen) atoms. The molecule has 0 atom stereocenters. The van der Waals surface area contributed by atoms with Crippen LogP contribution in [0.15, 0.2) is 16.7 Å². The number of furan rings is 1. The van der Waals surface area contributed by atoms with Crippen LogP contribution in [0.2, 0.25) is 0 Å². The number of hydrogen-bond donors (Lipinski definition) is 0. The molecule has 1 aromatic rings. The van der Waals surface area contributed by atoms with E-state index in [-0.39, 0.29) is 57.1 Å². The van der Waals surface area contributed by atoms with Gasteiger partial charge < -0.3 is 17.4 Å². The fraction of sp³-hybridized carbons (Fsp3) is 0.200. The maximum atomic E-state index is 11.9. The molecule has 0 saturated heterocycles. The molecular formula is C5H5BF3KO. The Hall–Kier alpha value is 0.771. The average molecular weight is 188 g/mol. The number of aryl methyl sites for hydroxylation is 1. The first-order valence-corrected chi connectivity index (χ1v) is 2.76. The van der Waals surface area contributed by atoms with E-state index >= 15 is 0 Å². The van der Waals surface area contributed by atoms with Gasteiger partial charge in [-0.25, -0.2) is 0 Å². The Kier molecular flexibility index (Phi) is 4.42. The van der Waals surface area contributed by atoms with Crippen LogP contribution in [0, 0.1) is 6.92 Å². The minimum Gasteiger partial charge on any atom is -0.473 e. The van der Waals surface area contributed by atoms with E-state index in [1.807, 2.05) is 0 Å². The second-order valence-electron chi connectivity index (χ2n) is 2.01. The Morgan fingerprint density at radius 2 is 1.91 bits per heavy atom. The van der Waals surface area contributed by atoms with Gasteiger partial charge in [-0.1, -0.05) is 11.5 Å². The Balaban J connectivity index is 0.000001000. The molecule has 0 aromatic carbocycles. The predicted molar refractivity (Wildman–Crippen MR) is 32.2 cm³/mol. The van der Waals surface area contributed by atoms with Gasteiger partial charge in [0.2, 0.25) is 0 Å². The van der Waals surface area contributed by atoms with Gasteiger partial charge in [0.15, 0.2) is 0 Å². The van der Waals surface area contributed by atoms with Crippen molar-refractivity contribution in [3.8, 4) is 0 Å². The van der Waals surface area contributed by atoms with Crippen molar-refractivity contribution < 1.29 is 68.7 Å². The quantitative estimate of drug-likeness (QED) is 0.496. The summed E-state index contributed by atoms with van der Waals surface area (Å²) in [6.07, 6.45) is 1.04. The van der Waals surface area contributed by atoms with Crippen molar-refractivity contribution >= 4 is 12.4 Å². The number of rotatable bonds is 1. The first-order valence-electron chi connectivity index (χ1n) is 2.76. The SMILES string of the molecule is Cc1occc1[B-](F)(F)F.[K+]. The average Bonchev–Trinajstić information content (AvgIpc) is 2.11. The van der Waals surface area contributed by atoms with Gasteiger partial charge in [-0.3, -0.25) is 0 Å². The molecule has 1 aromatic heterocycles. The molecule has 1 heterocycles. The Morgan fingerprint density at radius 1 is 1.36 bits per heavy atom. The molecule has 0 radical (unpaired) electrons. The van der Waals surface area contributed by atoms with E-state index in [4.69, 9.17) is 0 Å². The van der Waals surface area contributed by atoms with Crippen molar-refractivity contribution in [1.29, 1.82) is 0 Å². The van der Waals surface area contributed by atoms with Gasteiger partial charge in [0.05, 0.1) is 12.0 Å². The second kappa shape index (κ2) is 4.13. The van der Waals surface area contributed by atoms with Gasteiger partial charge in [0.25, 0.3) is 0 Å². The van der Waals surface area contributed by atoms with Crippen LogP contribution in [0.25, 0.3) is 0 Å². The van der Waals surface area contributed by atoms with E-state index in [1.165, 1.54) is 6.92 Å². The van der Waals surface area contributed by atoms with Crippen LogP contribution in [-0.2, 0) is 0 Å². The first-order chi connectivity index (χ1) is 4.52. The van der Waals surface area contributed by atoms with Crippen molar-refractivity contribution in [3.63, 3.8) is 0 Å². The van der Waals surface area contributed by atoms with Crippen molar-refractivity contribution in [3.05, 3.63) is 18.1 Å². The molecule has 6 heteroatoms. The summed E-state index contributed by atoms with van der Waals surface area (Å²) in [7, 11) is 0. The molecule has 0 aliphatic carbocycles. The predicted octanol–water partition coefficient (Wildman–Crippen LogP) is -1.35. The molecule has 0 aliphatic rings.